The number of rotatable bonds is 4. The smallest absolute Gasteiger partial charge is 0.104 e. The van der Waals surface area contributed by atoms with Crippen molar-refractivity contribution in [3.63, 3.8) is 0 Å². The van der Waals surface area contributed by atoms with Gasteiger partial charge in [-0.1, -0.05) is 30.9 Å². The molecule has 0 spiro atoms. The first-order valence-electron chi connectivity index (χ1n) is 5.90. The Labute approximate surface area is 104 Å². The molecule has 0 atom stereocenters. The Balaban J connectivity index is 2.66. The summed E-state index contributed by atoms with van der Waals surface area (Å²) < 4.78 is 5.83. The SMILES string of the molecule is CCC(C)(C)OCc1cccc(C#CCO)c1. The first-order chi connectivity index (χ1) is 8.07. The quantitative estimate of drug-likeness (QED) is 0.809. The molecule has 2 heteroatoms. The third-order valence-electron chi connectivity index (χ3n) is 2.72. The van der Waals surface area contributed by atoms with E-state index in [1.807, 2.05) is 24.3 Å². The zero-order chi connectivity index (χ0) is 12.7. The summed E-state index contributed by atoms with van der Waals surface area (Å²) in [4.78, 5) is 0. The summed E-state index contributed by atoms with van der Waals surface area (Å²) in [6.07, 6.45) is 0.983. The molecule has 1 rings (SSSR count). The molecule has 0 amide bonds. The fourth-order valence-corrected chi connectivity index (χ4v) is 1.26. The highest BCUT2D eigenvalue weighted by molar-refractivity contribution is 5.36. The normalized spacial score (nSPS) is 10.8. The molecule has 0 aliphatic rings. The zero-order valence-electron chi connectivity index (χ0n) is 10.8. The molecule has 0 fully saturated rings. The molecule has 2 nitrogen and oxygen atoms in total. The Hall–Kier alpha value is -1.30. The lowest BCUT2D eigenvalue weighted by molar-refractivity contribution is -0.0316. The van der Waals surface area contributed by atoms with Gasteiger partial charge in [-0.05, 0) is 38.0 Å². The molecule has 0 aliphatic heterocycles. The van der Waals surface area contributed by atoms with Crippen LogP contribution in [-0.2, 0) is 11.3 Å². The highest BCUT2D eigenvalue weighted by Crippen LogP contribution is 2.16. The summed E-state index contributed by atoms with van der Waals surface area (Å²) in [5, 5.41) is 8.64. The van der Waals surface area contributed by atoms with Crippen molar-refractivity contribution in [2.45, 2.75) is 39.4 Å². The number of ether oxygens (including phenoxy) is 1. The van der Waals surface area contributed by atoms with E-state index in [1.54, 1.807) is 0 Å². The van der Waals surface area contributed by atoms with Crippen LogP contribution in [0, 0.1) is 11.8 Å². The van der Waals surface area contributed by atoms with Crippen molar-refractivity contribution in [3.8, 4) is 11.8 Å². The fraction of sp³-hybridized carbons (Fsp3) is 0.467. The van der Waals surface area contributed by atoms with Crippen LogP contribution >= 0.6 is 0 Å². The van der Waals surface area contributed by atoms with Gasteiger partial charge in [-0.3, -0.25) is 0 Å². The molecule has 0 radical (unpaired) electrons. The van der Waals surface area contributed by atoms with Gasteiger partial charge in [0.05, 0.1) is 12.2 Å². The minimum atomic E-state index is -0.108. The average Bonchev–Trinajstić information content (AvgIpc) is 2.35. The molecule has 0 aromatic heterocycles. The maximum atomic E-state index is 8.64. The minimum absolute atomic E-state index is 0.0905. The van der Waals surface area contributed by atoms with Crippen LogP contribution in [0.5, 0.6) is 0 Å². The molecule has 0 saturated carbocycles. The molecule has 1 aromatic rings. The summed E-state index contributed by atoms with van der Waals surface area (Å²) in [5.74, 6) is 5.53. The largest absolute Gasteiger partial charge is 0.384 e. The van der Waals surface area contributed by atoms with Crippen LogP contribution < -0.4 is 0 Å². The van der Waals surface area contributed by atoms with Crippen LogP contribution in [0.15, 0.2) is 24.3 Å². The molecule has 1 aromatic carbocycles. The van der Waals surface area contributed by atoms with Crippen molar-refractivity contribution >= 4 is 0 Å². The molecule has 17 heavy (non-hydrogen) atoms. The summed E-state index contributed by atoms with van der Waals surface area (Å²) in [6, 6.07) is 7.90. The van der Waals surface area contributed by atoms with Gasteiger partial charge in [0.2, 0.25) is 0 Å². The lowest BCUT2D eigenvalue weighted by Gasteiger charge is -2.23. The van der Waals surface area contributed by atoms with E-state index in [0.29, 0.717) is 6.61 Å². The van der Waals surface area contributed by atoms with Gasteiger partial charge < -0.3 is 9.84 Å². The van der Waals surface area contributed by atoms with Gasteiger partial charge in [-0.15, -0.1) is 0 Å². The Bertz CT molecular complexity index is 410. The minimum Gasteiger partial charge on any atom is -0.384 e. The zero-order valence-corrected chi connectivity index (χ0v) is 10.8. The maximum absolute atomic E-state index is 8.64. The van der Waals surface area contributed by atoms with Gasteiger partial charge in [0.1, 0.15) is 6.61 Å². The average molecular weight is 232 g/mol. The van der Waals surface area contributed by atoms with Crippen LogP contribution in [0.4, 0.5) is 0 Å². The summed E-state index contributed by atoms with van der Waals surface area (Å²) >= 11 is 0. The monoisotopic (exact) mass is 232 g/mol. The van der Waals surface area contributed by atoms with E-state index < -0.39 is 0 Å². The summed E-state index contributed by atoms with van der Waals surface area (Å²) in [7, 11) is 0. The first-order valence-corrected chi connectivity index (χ1v) is 5.90. The van der Waals surface area contributed by atoms with Crippen molar-refractivity contribution in [3.05, 3.63) is 35.4 Å². The highest BCUT2D eigenvalue weighted by atomic mass is 16.5. The van der Waals surface area contributed by atoms with E-state index in [4.69, 9.17) is 9.84 Å². The van der Waals surface area contributed by atoms with E-state index >= 15 is 0 Å². The van der Waals surface area contributed by atoms with Gasteiger partial charge in [-0.25, -0.2) is 0 Å². The van der Waals surface area contributed by atoms with Crippen molar-refractivity contribution in [1.82, 2.24) is 0 Å². The fourth-order valence-electron chi connectivity index (χ4n) is 1.26. The second-order valence-corrected chi connectivity index (χ2v) is 4.56. The van der Waals surface area contributed by atoms with Crippen LogP contribution in [0.25, 0.3) is 0 Å². The first kappa shape index (κ1) is 13.8. The van der Waals surface area contributed by atoms with E-state index in [1.165, 1.54) is 0 Å². The van der Waals surface area contributed by atoms with E-state index in [9.17, 15) is 0 Å². The van der Waals surface area contributed by atoms with Gasteiger partial charge in [-0.2, -0.15) is 0 Å². The maximum Gasteiger partial charge on any atom is 0.104 e. The topological polar surface area (TPSA) is 29.5 Å². The lowest BCUT2D eigenvalue weighted by Crippen LogP contribution is -2.22. The van der Waals surface area contributed by atoms with Gasteiger partial charge in [0.25, 0.3) is 0 Å². The standard InChI is InChI=1S/C15H20O2/c1-4-15(2,3)17-12-14-8-5-7-13(11-14)9-6-10-16/h5,7-8,11,16H,4,10,12H2,1-3H3. The predicted octanol–water partition coefficient (Wildman–Crippen LogP) is 2.74. The lowest BCUT2D eigenvalue weighted by atomic mass is 10.1. The van der Waals surface area contributed by atoms with Crippen LogP contribution in [0.2, 0.25) is 0 Å². The molecule has 0 bridgehead atoms. The van der Waals surface area contributed by atoms with E-state index in [0.717, 1.165) is 17.5 Å². The Morgan fingerprint density at radius 1 is 1.35 bits per heavy atom. The van der Waals surface area contributed by atoms with Crippen LogP contribution in [-0.4, -0.2) is 17.3 Å². The van der Waals surface area contributed by atoms with Gasteiger partial charge >= 0.3 is 0 Å². The molecular formula is C15H20O2. The number of aliphatic hydroxyl groups excluding tert-OH is 1. The molecular weight excluding hydrogens is 212 g/mol. The molecule has 0 unspecified atom stereocenters. The highest BCUT2D eigenvalue weighted by Gasteiger charge is 2.14. The number of benzene rings is 1. The number of hydrogen-bond acceptors (Lipinski definition) is 2. The second-order valence-electron chi connectivity index (χ2n) is 4.56. The molecule has 92 valence electrons. The molecule has 0 aliphatic carbocycles. The number of aliphatic hydroxyl groups is 1. The molecule has 0 heterocycles. The summed E-state index contributed by atoms with van der Waals surface area (Å²) in [6.45, 7) is 6.77. The van der Waals surface area contributed by atoms with Crippen molar-refractivity contribution in [1.29, 1.82) is 0 Å². The number of hydrogen-bond donors (Lipinski definition) is 1. The van der Waals surface area contributed by atoms with Crippen molar-refractivity contribution in [2.24, 2.45) is 0 Å². The Morgan fingerprint density at radius 2 is 2.12 bits per heavy atom. The van der Waals surface area contributed by atoms with Gasteiger partial charge in [0, 0.05) is 5.56 Å². The predicted molar refractivity (Wildman–Crippen MR) is 69.6 cm³/mol. The van der Waals surface area contributed by atoms with Crippen molar-refractivity contribution < 1.29 is 9.84 Å². The van der Waals surface area contributed by atoms with Crippen LogP contribution in [0.3, 0.4) is 0 Å². The van der Waals surface area contributed by atoms with Crippen molar-refractivity contribution in [2.75, 3.05) is 6.61 Å². The third-order valence-corrected chi connectivity index (χ3v) is 2.72. The Kier molecular flexibility index (Phi) is 5.21. The molecule has 1 N–H and O–H groups in total. The third kappa shape index (κ3) is 5.04. The Morgan fingerprint density at radius 3 is 2.76 bits per heavy atom. The molecule has 0 saturated heterocycles. The second kappa shape index (κ2) is 6.44. The van der Waals surface area contributed by atoms with E-state index in [2.05, 4.69) is 32.6 Å². The van der Waals surface area contributed by atoms with Crippen LogP contribution in [0.1, 0.15) is 38.3 Å². The summed E-state index contributed by atoms with van der Waals surface area (Å²) in [5.41, 5.74) is 1.93. The van der Waals surface area contributed by atoms with Gasteiger partial charge in [0.15, 0.2) is 0 Å². The van der Waals surface area contributed by atoms with E-state index in [-0.39, 0.29) is 12.2 Å².